The number of benzene rings is 1. The summed E-state index contributed by atoms with van der Waals surface area (Å²) in [6.07, 6.45) is 4.97. The summed E-state index contributed by atoms with van der Waals surface area (Å²) in [4.78, 5) is 23.3. The van der Waals surface area contributed by atoms with Crippen LogP contribution in [0.2, 0.25) is 0 Å². The van der Waals surface area contributed by atoms with Gasteiger partial charge >= 0.3 is 5.97 Å². The van der Waals surface area contributed by atoms with E-state index in [1.807, 2.05) is 50.3 Å². The van der Waals surface area contributed by atoms with E-state index in [-0.39, 0.29) is 24.2 Å². The Bertz CT molecular complexity index is 506. The summed E-state index contributed by atoms with van der Waals surface area (Å²) in [5, 5.41) is 2.92. The largest absolute Gasteiger partial charge is 0.466 e. The number of hydrogen-bond donors (Lipinski definition) is 1. The summed E-state index contributed by atoms with van der Waals surface area (Å²) in [5.74, 6) is -0.200. The maximum Gasteiger partial charge on any atom is 0.310 e. The topological polar surface area (TPSA) is 55.4 Å². The van der Waals surface area contributed by atoms with Crippen molar-refractivity contribution < 1.29 is 14.3 Å². The van der Waals surface area contributed by atoms with Crippen LogP contribution in [0, 0.1) is 5.92 Å². The minimum atomic E-state index is -0.221. The fourth-order valence-electron chi connectivity index (χ4n) is 1.96. The molecule has 0 aromatic heterocycles. The Morgan fingerprint density at radius 3 is 2.45 bits per heavy atom. The fourth-order valence-corrected chi connectivity index (χ4v) is 1.96. The van der Waals surface area contributed by atoms with Crippen molar-refractivity contribution in [2.75, 3.05) is 6.61 Å². The molecule has 1 amide bonds. The van der Waals surface area contributed by atoms with Crippen LogP contribution in [0.5, 0.6) is 0 Å². The van der Waals surface area contributed by atoms with E-state index in [0.717, 1.165) is 17.5 Å². The molecule has 0 spiro atoms. The second kappa shape index (κ2) is 9.77. The number of amides is 1. The SMILES string of the molecule is C/C=C/CC(C)C(=O)NCc1ccc(CC(=O)OCC)cc1. The minimum absolute atomic E-state index is 0.0284. The number of ether oxygens (including phenoxy) is 1. The molecular formula is C18H25NO3. The van der Waals surface area contributed by atoms with Gasteiger partial charge in [-0.2, -0.15) is 0 Å². The molecule has 1 aromatic rings. The van der Waals surface area contributed by atoms with Gasteiger partial charge in [0.15, 0.2) is 0 Å². The summed E-state index contributed by atoms with van der Waals surface area (Å²) in [6.45, 7) is 6.55. The number of carbonyl (C=O) groups excluding carboxylic acids is 2. The van der Waals surface area contributed by atoms with E-state index in [1.54, 1.807) is 6.92 Å². The Labute approximate surface area is 132 Å². The monoisotopic (exact) mass is 303 g/mol. The molecule has 0 radical (unpaired) electrons. The molecule has 0 aliphatic carbocycles. The Balaban J connectivity index is 2.44. The Morgan fingerprint density at radius 1 is 1.23 bits per heavy atom. The van der Waals surface area contributed by atoms with Crippen LogP contribution >= 0.6 is 0 Å². The van der Waals surface area contributed by atoms with Crippen molar-refractivity contribution in [3.8, 4) is 0 Å². The van der Waals surface area contributed by atoms with E-state index in [2.05, 4.69) is 5.32 Å². The summed E-state index contributed by atoms with van der Waals surface area (Å²) < 4.78 is 4.91. The lowest BCUT2D eigenvalue weighted by atomic mass is 10.1. The first-order valence-corrected chi connectivity index (χ1v) is 7.69. The number of allylic oxidation sites excluding steroid dienone is 2. The smallest absolute Gasteiger partial charge is 0.310 e. The van der Waals surface area contributed by atoms with Crippen molar-refractivity contribution in [1.29, 1.82) is 0 Å². The molecule has 1 rings (SSSR count). The van der Waals surface area contributed by atoms with Crippen LogP contribution in [0.25, 0.3) is 0 Å². The molecule has 0 saturated heterocycles. The van der Waals surface area contributed by atoms with E-state index in [9.17, 15) is 9.59 Å². The quantitative estimate of drug-likeness (QED) is 0.593. The highest BCUT2D eigenvalue weighted by Gasteiger charge is 2.10. The van der Waals surface area contributed by atoms with Gasteiger partial charge in [-0.15, -0.1) is 0 Å². The molecule has 1 aromatic carbocycles. The average molecular weight is 303 g/mol. The van der Waals surface area contributed by atoms with Gasteiger partial charge in [-0.3, -0.25) is 9.59 Å². The minimum Gasteiger partial charge on any atom is -0.466 e. The van der Waals surface area contributed by atoms with Gasteiger partial charge < -0.3 is 10.1 Å². The highest BCUT2D eigenvalue weighted by molar-refractivity contribution is 5.78. The Morgan fingerprint density at radius 2 is 1.86 bits per heavy atom. The summed E-state index contributed by atoms with van der Waals surface area (Å²) in [6, 6.07) is 7.63. The van der Waals surface area contributed by atoms with Crippen molar-refractivity contribution in [3.63, 3.8) is 0 Å². The van der Waals surface area contributed by atoms with Crippen molar-refractivity contribution >= 4 is 11.9 Å². The maximum atomic E-state index is 11.9. The van der Waals surface area contributed by atoms with Gasteiger partial charge in [0, 0.05) is 12.5 Å². The van der Waals surface area contributed by atoms with Gasteiger partial charge in [-0.25, -0.2) is 0 Å². The van der Waals surface area contributed by atoms with Crippen molar-refractivity contribution in [2.45, 2.75) is 40.2 Å². The third-order valence-electron chi connectivity index (χ3n) is 3.32. The van der Waals surface area contributed by atoms with Crippen molar-refractivity contribution in [3.05, 3.63) is 47.5 Å². The maximum absolute atomic E-state index is 11.9. The molecule has 1 N–H and O–H groups in total. The third-order valence-corrected chi connectivity index (χ3v) is 3.32. The first kappa shape index (κ1) is 18.0. The fraction of sp³-hybridized carbons (Fsp3) is 0.444. The van der Waals surface area contributed by atoms with Crippen LogP contribution in [0.15, 0.2) is 36.4 Å². The molecular weight excluding hydrogens is 278 g/mol. The van der Waals surface area contributed by atoms with Crippen LogP contribution in [0.1, 0.15) is 38.3 Å². The van der Waals surface area contributed by atoms with Crippen LogP contribution in [-0.4, -0.2) is 18.5 Å². The van der Waals surface area contributed by atoms with Crippen molar-refractivity contribution in [2.24, 2.45) is 5.92 Å². The van der Waals surface area contributed by atoms with E-state index in [4.69, 9.17) is 4.74 Å². The molecule has 0 saturated carbocycles. The van der Waals surface area contributed by atoms with E-state index in [0.29, 0.717) is 13.2 Å². The molecule has 0 bridgehead atoms. The first-order chi connectivity index (χ1) is 10.6. The Hall–Kier alpha value is -2.10. The molecule has 4 heteroatoms. The summed E-state index contributed by atoms with van der Waals surface area (Å²) in [5.41, 5.74) is 1.93. The van der Waals surface area contributed by atoms with Crippen LogP contribution in [0.3, 0.4) is 0 Å². The molecule has 0 aliphatic heterocycles. The molecule has 4 nitrogen and oxygen atoms in total. The molecule has 1 atom stereocenters. The average Bonchev–Trinajstić information content (AvgIpc) is 2.51. The molecule has 22 heavy (non-hydrogen) atoms. The number of rotatable bonds is 8. The zero-order valence-electron chi connectivity index (χ0n) is 13.6. The lowest BCUT2D eigenvalue weighted by Gasteiger charge is -2.10. The molecule has 120 valence electrons. The zero-order chi connectivity index (χ0) is 16.4. The van der Waals surface area contributed by atoms with Gasteiger partial charge in [0.1, 0.15) is 0 Å². The lowest BCUT2D eigenvalue weighted by molar-refractivity contribution is -0.142. The van der Waals surface area contributed by atoms with E-state index < -0.39 is 0 Å². The van der Waals surface area contributed by atoms with Gasteiger partial charge in [-0.1, -0.05) is 43.3 Å². The van der Waals surface area contributed by atoms with Gasteiger partial charge in [0.2, 0.25) is 5.91 Å². The van der Waals surface area contributed by atoms with Gasteiger partial charge in [0.05, 0.1) is 13.0 Å². The second-order valence-corrected chi connectivity index (χ2v) is 5.22. The second-order valence-electron chi connectivity index (χ2n) is 5.22. The Kier molecular flexibility index (Phi) is 7.97. The van der Waals surface area contributed by atoms with Crippen LogP contribution in [-0.2, 0) is 27.3 Å². The lowest BCUT2D eigenvalue weighted by Crippen LogP contribution is -2.28. The standard InChI is InChI=1S/C18H25NO3/c1-4-6-7-14(3)18(21)19-13-16-10-8-15(9-11-16)12-17(20)22-5-2/h4,6,8-11,14H,5,7,12-13H2,1-3H3,(H,19,21)/b6-4+. The molecule has 0 fully saturated rings. The summed E-state index contributed by atoms with van der Waals surface area (Å²) in [7, 11) is 0. The highest BCUT2D eigenvalue weighted by Crippen LogP contribution is 2.07. The number of hydrogen-bond acceptors (Lipinski definition) is 3. The van der Waals surface area contributed by atoms with Gasteiger partial charge in [0.25, 0.3) is 0 Å². The van der Waals surface area contributed by atoms with Crippen molar-refractivity contribution in [1.82, 2.24) is 5.32 Å². The van der Waals surface area contributed by atoms with Gasteiger partial charge in [-0.05, 0) is 31.4 Å². The molecule has 1 unspecified atom stereocenters. The predicted molar refractivity (Wildman–Crippen MR) is 87.2 cm³/mol. The number of esters is 1. The highest BCUT2D eigenvalue weighted by atomic mass is 16.5. The predicted octanol–water partition coefficient (Wildman–Crippen LogP) is 3.01. The van der Waals surface area contributed by atoms with Crippen LogP contribution < -0.4 is 5.32 Å². The summed E-state index contributed by atoms with van der Waals surface area (Å²) >= 11 is 0. The third kappa shape index (κ3) is 6.57. The van der Waals surface area contributed by atoms with E-state index in [1.165, 1.54) is 0 Å². The number of carbonyl (C=O) groups is 2. The van der Waals surface area contributed by atoms with E-state index >= 15 is 0 Å². The molecule has 0 heterocycles. The normalized spacial score (nSPS) is 12.1. The number of nitrogens with one attached hydrogen (secondary N) is 1. The zero-order valence-corrected chi connectivity index (χ0v) is 13.6. The first-order valence-electron chi connectivity index (χ1n) is 7.69. The molecule has 0 aliphatic rings. The van der Waals surface area contributed by atoms with Crippen LogP contribution in [0.4, 0.5) is 0 Å².